The fourth-order valence-corrected chi connectivity index (χ4v) is 5.84. The number of rotatable bonds is 4. The van der Waals surface area contributed by atoms with Crippen molar-refractivity contribution in [3.63, 3.8) is 0 Å². The molecule has 1 amide bonds. The SMILES string of the molecule is Cl.Nc1ccc(-c2ccc(C(=O)N3CCN(S(=O)(=O)c4ccc5cc(Cl)ccc5c4)CC3)cc2)cn1. The van der Waals surface area contributed by atoms with Crippen LogP contribution in [-0.2, 0) is 10.0 Å². The van der Waals surface area contributed by atoms with E-state index in [0.29, 0.717) is 29.5 Å². The fourth-order valence-electron chi connectivity index (χ4n) is 4.20. The molecule has 0 radical (unpaired) electrons. The second-order valence-electron chi connectivity index (χ2n) is 8.40. The first-order valence-corrected chi connectivity index (χ1v) is 12.9. The first kappa shape index (κ1) is 25.9. The number of nitrogens with two attached hydrogens (primary N) is 1. The number of aromatic nitrogens is 1. The minimum atomic E-state index is -3.67. The monoisotopic (exact) mass is 542 g/mol. The third-order valence-electron chi connectivity index (χ3n) is 6.19. The van der Waals surface area contributed by atoms with E-state index in [9.17, 15) is 13.2 Å². The molecule has 7 nitrogen and oxygen atoms in total. The van der Waals surface area contributed by atoms with Gasteiger partial charge in [0.1, 0.15) is 5.82 Å². The molecule has 1 aliphatic rings. The molecule has 2 N–H and O–H groups in total. The maximum Gasteiger partial charge on any atom is 0.253 e. The minimum Gasteiger partial charge on any atom is -0.384 e. The summed E-state index contributed by atoms with van der Waals surface area (Å²) in [6, 6.07) is 21.3. The van der Waals surface area contributed by atoms with E-state index in [0.717, 1.165) is 21.9 Å². The van der Waals surface area contributed by atoms with Gasteiger partial charge < -0.3 is 10.6 Å². The van der Waals surface area contributed by atoms with E-state index < -0.39 is 10.0 Å². The summed E-state index contributed by atoms with van der Waals surface area (Å²) in [4.78, 5) is 19.0. The van der Waals surface area contributed by atoms with Gasteiger partial charge in [-0.05, 0) is 64.9 Å². The molecule has 1 aromatic heterocycles. The number of fused-ring (bicyclic) bond motifs is 1. The Labute approximate surface area is 221 Å². The first-order valence-electron chi connectivity index (χ1n) is 11.1. The van der Waals surface area contributed by atoms with Crippen LogP contribution in [0.1, 0.15) is 10.4 Å². The van der Waals surface area contributed by atoms with Crippen LogP contribution in [0.2, 0.25) is 5.02 Å². The number of piperazine rings is 1. The van der Waals surface area contributed by atoms with E-state index in [4.69, 9.17) is 17.3 Å². The molecule has 1 aliphatic heterocycles. The van der Waals surface area contributed by atoms with E-state index >= 15 is 0 Å². The Balaban J connectivity index is 0.00000304. The van der Waals surface area contributed by atoms with Gasteiger partial charge in [0.05, 0.1) is 4.90 Å². The van der Waals surface area contributed by atoms with Crippen molar-refractivity contribution < 1.29 is 13.2 Å². The number of hydrogen-bond acceptors (Lipinski definition) is 5. The molecule has 0 bridgehead atoms. The van der Waals surface area contributed by atoms with Crippen LogP contribution >= 0.6 is 24.0 Å². The van der Waals surface area contributed by atoms with E-state index in [1.165, 1.54) is 4.31 Å². The Hall–Kier alpha value is -3.17. The summed E-state index contributed by atoms with van der Waals surface area (Å²) in [5.74, 6) is 0.332. The van der Waals surface area contributed by atoms with Gasteiger partial charge in [-0.1, -0.05) is 35.9 Å². The van der Waals surface area contributed by atoms with Crippen molar-refractivity contribution in [1.29, 1.82) is 0 Å². The van der Waals surface area contributed by atoms with Gasteiger partial charge in [0.15, 0.2) is 0 Å². The van der Waals surface area contributed by atoms with Crippen LogP contribution in [0.5, 0.6) is 0 Å². The molecule has 0 saturated carbocycles. The lowest BCUT2D eigenvalue weighted by Crippen LogP contribution is -2.50. The zero-order chi connectivity index (χ0) is 24.6. The predicted molar refractivity (Wildman–Crippen MR) is 145 cm³/mol. The number of halogens is 2. The molecular formula is C26H24Cl2N4O3S. The molecule has 3 aromatic carbocycles. The summed E-state index contributed by atoms with van der Waals surface area (Å²) >= 11 is 6.03. The Bertz CT molecular complexity index is 1500. The van der Waals surface area contributed by atoms with Gasteiger partial charge in [-0.15, -0.1) is 12.4 Å². The summed E-state index contributed by atoms with van der Waals surface area (Å²) in [5, 5.41) is 2.29. The van der Waals surface area contributed by atoms with Crippen molar-refractivity contribution in [3.8, 4) is 11.1 Å². The molecule has 5 rings (SSSR count). The smallest absolute Gasteiger partial charge is 0.253 e. The number of sulfonamides is 1. The Morgan fingerprint density at radius 2 is 1.47 bits per heavy atom. The van der Waals surface area contributed by atoms with Crippen molar-refractivity contribution in [2.24, 2.45) is 0 Å². The lowest BCUT2D eigenvalue weighted by Gasteiger charge is -2.34. The average molecular weight is 543 g/mol. The number of anilines is 1. The zero-order valence-corrected chi connectivity index (χ0v) is 21.6. The van der Waals surface area contributed by atoms with Crippen LogP contribution in [0.4, 0.5) is 5.82 Å². The number of benzene rings is 3. The highest BCUT2D eigenvalue weighted by Crippen LogP contribution is 2.26. The van der Waals surface area contributed by atoms with Crippen LogP contribution < -0.4 is 5.73 Å². The largest absolute Gasteiger partial charge is 0.384 e. The quantitative estimate of drug-likeness (QED) is 0.403. The number of pyridine rings is 1. The van der Waals surface area contributed by atoms with E-state index in [-0.39, 0.29) is 36.3 Å². The van der Waals surface area contributed by atoms with E-state index in [1.807, 2.05) is 24.3 Å². The van der Waals surface area contributed by atoms with Crippen LogP contribution in [0.15, 0.2) is 83.9 Å². The number of carbonyl (C=O) groups excluding carboxylic acids is 1. The normalized spacial score (nSPS) is 14.4. The lowest BCUT2D eigenvalue weighted by atomic mass is 10.0. The summed E-state index contributed by atoms with van der Waals surface area (Å²) in [6.07, 6.45) is 1.69. The summed E-state index contributed by atoms with van der Waals surface area (Å²) in [7, 11) is -3.67. The number of nitrogens with zero attached hydrogens (tertiary/aromatic N) is 3. The van der Waals surface area contributed by atoms with Crippen LogP contribution in [0.3, 0.4) is 0 Å². The van der Waals surface area contributed by atoms with Crippen molar-refractivity contribution in [1.82, 2.24) is 14.2 Å². The third-order valence-corrected chi connectivity index (χ3v) is 8.32. The van der Waals surface area contributed by atoms with E-state index in [2.05, 4.69) is 4.98 Å². The lowest BCUT2D eigenvalue weighted by molar-refractivity contribution is 0.0698. The van der Waals surface area contributed by atoms with Crippen molar-refractivity contribution in [2.45, 2.75) is 4.90 Å². The molecule has 186 valence electrons. The molecule has 0 atom stereocenters. The van der Waals surface area contributed by atoms with Crippen molar-refractivity contribution in [2.75, 3.05) is 31.9 Å². The van der Waals surface area contributed by atoms with Gasteiger partial charge in [-0.3, -0.25) is 4.79 Å². The molecule has 10 heteroatoms. The molecule has 1 saturated heterocycles. The maximum atomic E-state index is 13.2. The second kappa shape index (κ2) is 10.4. The number of nitrogen functional groups attached to an aromatic ring is 1. The average Bonchev–Trinajstić information content (AvgIpc) is 2.88. The van der Waals surface area contributed by atoms with Gasteiger partial charge in [-0.25, -0.2) is 13.4 Å². The minimum absolute atomic E-state index is 0. The molecule has 2 heterocycles. The molecule has 0 spiro atoms. The van der Waals surface area contributed by atoms with Crippen LogP contribution in [-0.4, -0.2) is 54.7 Å². The number of amides is 1. The molecular weight excluding hydrogens is 519 g/mol. The van der Waals surface area contributed by atoms with Crippen molar-refractivity contribution in [3.05, 3.63) is 89.6 Å². The van der Waals surface area contributed by atoms with Gasteiger partial charge in [0.25, 0.3) is 5.91 Å². The third kappa shape index (κ3) is 5.17. The highest BCUT2D eigenvalue weighted by Gasteiger charge is 2.30. The zero-order valence-electron chi connectivity index (χ0n) is 19.2. The first-order chi connectivity index (χ1) is 16.8. The number of carbonyl (C=O) groups is 1. The highest BCUT2D eigenvalue weighted by molar-refractivity contribution is 7.89. The van der Waals surface area contributed by atoms with Gasteiger partial charge in [0, 0.05) is 48.5 Å². The standard InChI is InChI=1S/C26H23ClN4O3S.ClH/c27-23-8-5-21-16-24(9-6-20(21)15-23)35(33,34)31-13-11-30(12-14-31)26(32)19-3-1-18(2-4-19)22-7-10-25(28)29-17-22;/h1-10,15-17H,11-14H2,(H2,28,29);1H. The highest BCUT2D eigenvalue weighted by atomic mass is 35.5. The Kier molecular flexibility index (Phi) is 7.51. The molecule has 0 unspecified atom stereocenters. The van der Waals surface area contributed by atoms with Crippen LogP contribution in [0.25, 0.3) is 21.9 Å². The van der Waals surface area contributed by atoms with Gasteiger partial charge in [-0.2, -0.15) is 4.31 Å². The second-order valence-corrected chi connectivity index (χ2v) is 10.8. The summed E-state index contributed by atoms with van der Waals surface area (Å²) in [5.41, 5.74) is 8.04. The topological polar surface area (TPSA) is 96.6 Å². The fraction of sp³-hybridized carbons (Fsp3) is 0.154. The summed E-state index contributed by atoms with van der Waals surface area (Å²) < 4.78 is 27.9. The van der Waals surface area contributed by atoms with Gasteiger partial charge >= 0.3 is 0 Å². The maximum absolute atomic E-state index is 13.2. The van der Waals surface area contributed by atoms with Crippen molar-refractivity contribution >= 4 is 56.5 Å². The molecule has 0 aliphatic carbocycles. The van der Waals surface area contributed by atoms with Gasteiger partial charge in [0.2, 0.25) is 10.0 Å². The van der Waals surface area contributed by atoms with Crippen LogP contribution in [0, 0.1) is 0 Å². The predicted octanol–water partition coefficient (Wildman–Crippen LogP) is 4.71. The molecule has 4 aromatic rings. The Morgan fingerprint density at radius 3 is 2.14 bits per heavy atom. The molecule has 1 fully saturated rings. The Morgan fingerprint density at radius 1 is 0.833 bits per heavy atom. The molecule has 36 heavy (non-hydrogen) atoms. The van der Waals surface area contributed by atoms with E-state index in [1.54, 1.807) is 59.6 Å². The summed E-state index contributed by atoms with van der Waals surface area (Å²) in [6.45, 7) is 1.12. The number of hydrogen-bond donors (Lipinski definition) is 1.